The van der Waals surface area contributed by atoms with Crippen LogP contribution in [0.1, 0.15) is 46.9 Å². The van der Waals surface area contributed by atoms with Gasteiger partial charge in [0.2, 0.25) is 0 Å². The van der Waals surface area contributed by atoms with Crippen LogP contribution in [0.2, 0.25) is 0 Å². The summed E-state index contributed by atoms with van der Waals surface area (Å²) in [4.78, 5) is 30.3. The van der Waals surface area contributed by atoms with Crippen LogP contribution in [0.4, 0.5) is 17.5 Å². The quantitative estimate of drug-likeness (QED) is 0.607. The summed E-state index contributed by atoms with van der Waals surface area (Å²) in [5.74, 6) is 1.38. The first-order valence-corrected chi connectivity index (χ1v) is 11.5. The number of aromatic nitrogens is 5. The molecule has 1 aliphatic carbocycles. The zero-order valence-electron chi connectivity index (χ0n) is 18.4. The highest BCUT2D eigenvalue weighted by atomic mass is 16.2. The van der Waals surface area contributed by atoms with Gasteiger partial charge in [-0.05, 0) is 48.3 Å². The molecule has 1 atom stereocenters. The van der Waals surface area contributed by atoms with Crippen molar-refractivity contribution < 1.29 is 4.79 Å². The monoisotopic (exact) mass is 445 g/mol. The number of pyridine rings is 1. The summed E-state index contributed by atoms with van der Waals surface area (Å²) in [7, 11) is 0. The van der Waals surface area contributed by atoms with E-state index in [1.165, 1.54) is 11.1 Å². The van der Waals surface area contributed by atoms with Gasteiger partial charge in [0.05, 0.1) is 12.4 Å². The van der Waals surface area contributed by atoms with E-state index in [9.17, 15) is 4.79 Å². The predicted molar refractivity (Wildman–Crippen MR) is 124 cm³/mol. The average Bonchev–Trinajstić information content (AvgIpc) is 3.42. The molecule has 3 aromatic heterocycles. The second-order valence-corrected chi connectivity index (χ2v) is 9.26. The molecule has 1 spiro atoms. The van der Waals surface area contributed by atoms with Crippen molar-refractivity contribution >= 4 is 23.4 Å². The summed E-state index contributed by atoms with van der Waals surface area (Å²) in [5.41, 5.74) is 15.6. The SMILES string of the molecule is Nc1nc(N2CCC3(CC2)Cc2ccncc2C3N)cnc1C(=O)N1CCCn2nccc21. The van der Waals surface area contributed by atoms with E-state index in [2.05, 4.69) is 31.0 Å². The third kappa shape index (κ3) is 3.16. The first kappa shape index (κ1) is 20.1. The molecule has 1 unspecified atom stereocenters. The molecule has 0 bridgehead atoms. The van der Waals surface area contributed by atoms with Gasteiger partial charge < -0.3 is 16.4 Å². The molecule has 0 radical (unpaired) electrons. The molecule has 6 rings (SSSR count). The Morgan fingerprint density at radius 3 is 2.73 bits per heavy atom. The Hall–Kier alpha value is -3.53. The Morgan fingerprint density at radius 1 is 1.09 bits per heavy atom. The molecule has 1 saturated heterocycles. The summed E-state index contributed by atoms with van der Waals surface area (Å²) >= 11 is 0. The predicted octanol–water partition coefficient (Wildman–Crippen LogP) is 1.54. The number of piperidine rings is 1. The summed E-state index contributed by atoms with van der Waals surface area (Å²) in [5, 5.41) is 4.27. The number of hydrogen-bond acceptors (Lipinski definition) is 8. The van der Waals surface area contributed by atoms with Crippen molar-refractivity contribution in [3.63, 3.8) is 0 Å². The number of fused-ring (bicyclic) bond motifs is 2. The molecule has 1 fully saturated rings. The van der Waals surface area contributed by atoms with Gasteiger partial charge in [0.15, 0.2) is 11.5 Å². The molecule has 3 aliphatic rings. The number of amides is 1. The molecule has 5 heterocycles. The number of hydrogen-bond donors (Lipinski definition) is 2. The number of nitrogens with two attached hydrogens (primary N) is 2. The van der Waals surface area contributed by atoms with E-state index in [1.54, 1.807) is 17.3 Å². The number of nitrogen functional groups attached to an aromatic ring is 1. The Kier molecular flexibility index (Phi) is 4.58. The van der Waals surface area contributed by atoms with Gasteiger partial charge in [0.25, 0.3) is 5.91 Å². The zero-order chi connectivity index (χ0) is 22.6. The molecule has 2 aliphatic heterocycles. The van der Waals surface area contributed by atoms with E-state index in [0.29, 0.717) is 12.4 Å². The van der Waals surface area contributed by atoms with Crippen molar-refractivity contribution in [2.75, 3.05) is 35.2 Å². The van der Waals surface area contributed by atoms with Gasteiger partial charge in [0, 0.05) is 50.7 Å². The van der Waals surface area contributed by atoms with Crippen LogP contribution < -0.4 is 21.3 Å². The van der Waals surface area contributed by atoms with Gasteiger partial charge >= 0.3 is 0 Å². The van der Waals surface area contributed by atoms with Gasteiger partial charge in [-0.1, -0.05) is 0 Å². The van der Waals surface area contributed by atoms with E-state index in [4.69, 9.17) is 11.5 Å². The van der Waals surface area contributed by atoms with E-state index < -0.39 is 0 Å². The lowest BCUT2D eigenvalue weighted by Crippen LogP contribution is -2.44. The number of aryl methyl sites for hydroxylation is 1. The van der Waals surface area contributed by atoms with Crippen LogP contribution in [-0.2, 0) is 13.0 Å². The molecule has 4 N–H and O–H groups in total. The highest BCUT2D eigenvalue weighted by Gasteiger charge is 2.46. The Labute approximate surface area is 191 Å². The Bertz CT molecular complexity index is 1210. The summed E-state index contributed by atoms with van der Waals surface area (Å²) in [6, 6.07) is 3.94. The molecule has 1 amide bonds. The molecule has 3 aromatic rings. The second-order valence-electron chi connectivity index (χ2n) is 9.26. The zero-order valence-corrected chi connectivity index (χ0v) is 18.4. The molecule has 170 valence electrons. The summed E-state index contributed by atoms with van der Waals surface area (Å²) in [6.45, 7) is 3.05. The summed E-state index contributed by atoms with van der Waals surface area (Å²) < 4.78 is 1.82. The maximum Gasteiger partial charge on any atom is 0.281 e. The molecule has 10 nitrogen and oxygen atoms in total. The topological polar surface area (TPSA) is 132 Å². The number of nitrogens with zero attached hydrogens (tertiary/aromatic N) is 7. The van der Waals surface area contributed by atoms with Crippen molar-refractivity contribution in [2.45, 2.75) is 38.3 Å². The first-order chi connectivity index (χ1) is 16.1. The number of anilines is 3. The Morgan fingerprint density at radius 2 is 1.94 bits per heavy atom. The number of carbonyl (C=O) groups is 1. The smallest absolute Gasteiger partial charge is 0.281 e. The maximum absolute atomic E-state index is 13.2. The molecule has 0 saturated carbocycles. The van der Waals surface area contributed by atoms with Crippen LogP contribution >= 0.6 is 0 Å². The third-order valence-corrected chi connectivity index (χ3v) is 7.52. The van der Waals surface area contributed by atoms with E-state index in [0.717, 1.165) is 51.1 Å². The van der Waals surface area contributed by atoms with Crippen LogP contribution in [0.3, 0.4) is 0 Å². The largest absolute Gasteiger partial charge is 0.382 e. The lowest BCUT2D eigenvalue weighted by molar-refractivity contribution is 0.0977. The number of carbonyl (C=O) groups excluding carboxylic acids is 1. The standard InChI is InChI=1S/C23H27N9O/c24-20-16-13-26-6-2-15(16)12-23(20)4-10-30(11-5-23)17-14-27-19(21(25)29-17)22(33)31-8-1-9-32-18(31)3-7-28-32/h2-3,6-7,13-14,20H,1,4-5,8-12,24H2,(H2,25,29). The van der Waals surface area contributed by atoms with Crippen LogP contribution in [0, 0.1) is 5.41 Å². The maximum atomic E-state index is 13.2. The van der Waals surface area contributed by atoms with Crippen molar-refractivity contribution in [3.8, 4) is 0 Å². The molecular formula is C23H27N9O. The van der Waals surface area contributed by atoms with Crippen LogP contribution in [0.25, 0.3) is 0 Å². The van der Waals surface area contributed by atoms with E-state index >= 15 is 0 Å². The lowest BCUT2D eigenvalue weighted by Gasteiger charge is -2.42. The van der Waals surface area contributed by atoms with Crippen molar-refractivity contribution in [1.82, 2.24) is 24.7 Å². The van der Waals surface area contributed by atoms with E-state index in [1.807, 2.05) is 23.1 Å². The van der Waals surface area contributed by atoms with Crippen molar-refractivity contribution in [2.24, 2.45) is 11.1 Å². The fraction of sp³-hybridized carbons (Fsp3) is 0.435. The Balaban J connectivity index is 1.18. The minimum Gasteiger partial charge on any atom is -0.382 e. The minimum absolute atomic E-state index is 0.0116. The second kappa shape index (κ2) is 7.51. The number of rotatable bonds is 2. The molecular weight excluding hydrogens is 418 g/mol. The summed E-state index contributed by atoms with van der Waals surface area (Å²) in [6.07, 6.45) is 10.9. The van der Waals surface area contributed by atoms with Gasteiger partial charge in [0.1, 0.15) is 11.6 Å². The minimum atomic E-state index is -0.242. The fourth-order valence-corrected chi connectivity index (χ4v) is 5.63. The first-order valence-electron chi connectivity index (χ1n) is 11.5. The highest BCUT2D eigenvalue weighted by molar-refractivity contribution is 6.07. The van der Waals surface area contributed by atoms with Crippen molar-refractivity contribution in [3.05, 3.63) is 53.7 Å². The lowest BCUT2D eigenvalue weighted by atomic mass is 9.73. The van der Waals surface area contributed by atoms with Crippen LogP contribution in [0.15, 0.2) is 36.9 Å². The molecule has 10 heteroatoms. The highest BCUT2D eigenvalue weighted by Crippen LogP contribution is 2.50. The van der Waals surface area contributed by atoms with E-state index in [-0.39, 0.29) is 28.9 Å². The fourth-order valence-electron chi connectivity index (χ4n) is 5.63. The van der Waals surface area contributed by atoms with Gasteiger partial charge in [-0.2, -0.15) is 5.10 Å². The molecule has 33 heavy (non-hydrogen) atoms. The average molecular weight is 446 g/mol. The van der Waals surface area contributed by atoms with Gasteiger partial charge in [-0.3, -0.25) is 14.7 Å². The van der Waals surface area contributed by atoms with Crippen molar-refractivity contribution in [1.29, 1.82) is 0 Å². The molecule has 0 aromatic carbocycles. The van der Waals surface area contributed by atoms with Gasteiger partial charge in [-0.15, -0.1) is 0 Å². The van der Waals surface area contributed by atoms with Crippen LogP contribution in [0.5, 0.6) is 0 Å². The normalized spacial score (nSPS) is 21.2. The van der Waals surface area contributed by atoms with Gasteiger partial charge in [-0.25, -0.2) is 14.6 Å². The van der Waals surface area contributed by atoms with Crippen LogP contribution in [-0.4, -0.2) is 50.3 Å². The third-order valence-electron chi connectivity index (χ3n) is 7.52.